The number of aliphatic hydroxyl groups excluding tert-OH is 1. The Morgan fingerprint density at radius 2 is 2.06 bits per heavy atom. The van der Waals surface area contributed by atoms with Crippen LogP contribution >= 0.6 is 12.2 Å². The number of benzene rings is 1. The lowest BCUT2D eigenvalue weighted by atomic mass is 9.39. The number of carbonyl (C=O) groups excluding carboxylic acids is 1. The second-order valence-electron chi connectivity index (χ2n) is 8.84. The number of aliphatic hydroxyl groups is 1. The monoisotopic (exact) mass is 448 g/mol. The first kappa shape index (κ1) is 19.9. The Morgan fingerprint density at radius 1 is 1.28 bits per heavy atom. The van der Waals surface area contributed by atoms with Gasteiger partial charge >= 0.3 is 5.97 Å². The Labute approximate surface area is 190 Å². The molecule has 4 aliphatic heterocycles. The maximum Gasteiger partial charge on any atom is 0.339 e. The number of esters is 1. The third-order valence-electron chi connectivity index (χ3n) is 6.59. The maximum absolute atomic E-state index is 12.0. The zero-order valence-electron chi connectivity index (χ0n) is 17.7. The Bertz CT molecular complexity index is 1290. The molecule has 1 aromatic heterocycles. The summed E-state index contributed by atoms with van der Waals surface area (Å²) in [6.07, 6.45) is 1.32. The molecular formula is C23H21BN2O5S. The third-order valence-corrected chi connectivity index (χ3v) is 7.12. The number of rotatable bonds is 3. The van der Waals surface area contributed by atoms with E-state index in [1.807, 2.05) is 18.2 Å². The van der Waals surface area contributed by atoms with Gasteiger partial charge in [-0.2, -0.15) is 0 Å². The van der Waals surface area contributed by atoms with E-state index >= 15 is 0 Å². The summed E-state index contributed by atoms with van der Waals surface area (Å²) in [4.78, 5) is 17.0. The average Bonchev–Trinajstić information content (AvgIpc) is 3.37. The minimum absolute atomic E-state index is 0.0239. The lowest BCUT2D eigenvalue weighted by molar-refractivity contribution is -0.151. The van der Waals surface area contributed by atoms with Crippen molar-refractivity contribution in [3.63, 3.8) is 0 Å². The molecule has 2 aromatic rings. The number of ether oxygens (including phenoxy) is 3. The number of cyclic esters (lactones) is 1. The fraction of sp³-hybridized carbons (Fsp3) is 0.348. The van der Waals surface area contributed by atoms with E-state index in [4.69, 9.17) is 31.4 Å². The molecule has 0 saturated heterocycles. The van der Waals surface area contributed by atoms with Crippen LogP contribution in [0.5, 0.6) is 11.5 Å². The zero-order chi connectivity index (χ0) is 22.1. The van der Waals surface area contributed by atoms with Gasteiger partial charge in [0, 0.05) is 29.6 Å². The molecule has 0 spiro atoms. The van der Waals surface area contributed by atoms with Crippen LogP contribution in [0.1, 0.15) is 30.7 Å². The highest BCUT2D eigenvalue weighted by atomic mass is 32.1. The van der Waals surface area contributed by atoms with Crippen LogP contribution in [0.4, 0.5) is 0 Å². The van der Waals surface area contributed by atoms with Crippen molar-refractivity contribution in [3.8, 4) is 11.5 Å². The van der Waals surface area contributed by atoms with E-state index in [-0.39, 0.29) is 20.1 Å². The number of nitrogens with one attached hydrogen (secondary N) is 1. The van der Waals surface area contributed by atoms with Crippen LogP contribution in [0.15, 0.2) is 29.4 Å². The molecule has 5 heterocycles. The summed E-state index contributed by atoms with van der Waals surface area (Å²) < 4.78 is 17.1. The Morgan fingerprint density at radius 3 is 2.84 bits per heavy atom. The molecule has 0 amide bonds. The second kappa shape index (κ2) is 7.13. The van der Waals surface area contributed by atoms with Crippen molar-refractivity contribution < 1.29 is 24.1 Å². The first-order valence-electron chi connectivity index (χ1n) is 10.7. The fourth-order valence-electron chi connectivity index (χ4n) is 4.96. The summed E-state index contributed by atoms with van der Waals surface area (Å²) in [5.74, 6) is 0.776. The number of nitrogens with zero attached hydrogens (tertiary/aromatic N) is 1. The number of hydrogen-bond acceptors (Lipinski definition) is 8. The molecule has 0 aliphatic carbocycles. The smallest absolute Gasteiger partial charge is 0.339 e. The van der Waals surface area contributed by atoms with E-state index in [9.17, 15) is 9.90 Å². The number of aromatic nitrogens is 1. The van der Waals surface area contributed by atoms with Crippen molar-refractivity contribution in [2.45, 2.75) is 38.9 Å². The molecule has 0 radical (unpaired) electrons. The van der Waals surface area contributed by atoms with E-state index in [1.165, 1.54) is 5.56 Å². The summed E-state index contributed by atoms with van der Waals surface area (Å²) in [7, 11) is 0. The van der Waals surface area contributed by atoms with Gasteiger partial charge in [0.15, 0.2) is 17.6 Å². The van der Waals surface area contributed by atoms with Crippen molar-refractivity contribution in [2.75, 3.05) is 13.4 Å². The lowest BCUT2D eigenvalue weighted by Crippen LogP contribution is -2.40. The Kier molecular flexibility index (Phi) is 4.44. The maximum atomic E-state index is 12.0. The molecule has 32 heavy (non-hydrogen) atoms. The van der Waals surface area contributed by atoms with E-state index < -0.39 is 12.1 Å². The van der Waals surface area contributed by atoms with Gasteiger partial charge in [-0.3, -0.25) is 0 Å². The SMILES string of the molecule is CC(C)NCc1c2c(nc3cc4c(cc13)OCO4)C1=CC3=C(COC(=O)C3O)C(=S)B1C2. The topological polar surface area (TPSA) is 89.9 Å². The Balaban J connectivity index is 1.56. The summed E-state index contributed by atoms with van der Waals surface area (Å²) >= 11 is 5.82. The molecule has 0 saturated carbocycles. The van der Waals surface area contributed by atoms with Gasteiger partial charge in [-0.15, -0.1) is 0 Å². The van der Waals surface area contributed by atoms with E-state index in [0.29, 0.717) is 23.9 Å². The van der Waals surface area contributed by atoms with Gasteiger partial charge in [0.1, 0.15) is 6.61 Å². The van der Waals surface area contributed by atoms with E-state index in [0.717, 1.165) is 50.0 Å². The van der Waals surface area contributed by atoms with Gasteiger partial charge in [0.25, 0.3) is 0 Å². The van der Waals surface area contributed by atoms with Crippen molar-refractivity contribution in [1.29, 1.82) is 0 Å². The van der Waals surface area contributed by atoms with Gasteiger partial charge in [0.05, 0.1) is 11.2 Å². The third kappa shape index (κ3) is 2.85. The molecule has 0 fully saturated rings. The van der Waals surface area contributed by atoms with Crippen LogP contribution in [0.25, 0.3) is 16.4 Å². The van der Waals surface area contributed by atoms with Crippen LogP contribution < -0.4 is 14.8 Å². The molecule has 1 unspecified atom stereocenters. The summed E-state index contributed by atoms with van der Waals surface area (Å²) in [5.41, 5.74) is 6.26. The normalized spacial score (nSPS) is 21.1. The van der Waals surface area contributed by atoms with Gasteiger partial charge in [-0.05, 0) is 39.3 Å². The molecule has 1 atom stereocenters. The zero-order valence-corrected chi connectivity index (χ0v) is 18.5. The van der Waals surface area contributed by atoms with Crippen LogP contribution in [-0.4, -0.2) is 53.1 Å². The quantitative estimate of drug-likeness (QED) is 0.420. The first-order valence-corrected chi connectivity index (χ1v) is 11.2. The number of fused-ring (bicyclic) bond motifs is 5. The van der Waals surface area contributed by atoms with Crippen LogP contribution in [0.2, 0.25) is 0 Å². The summed E-state index contributed by atoms with van der Waals surface area (Å²) in [6.45, 7) is 5.21. The van der Waals surface area contributed by atoms with Crippen LogP contribution in [0.3, 0.4) is 0 Å². The fourth-order valence-corrected chi connectivity index (χ4v) is 5.35. The number of hydrogen-bond donors (Lipinski definition) is 2. The number of thiocarbonyl (C=S) groups is 1. The highest BCUT2D eigenvalue weighted by Gasteiger charge is 2.44. The second-order valence-corrected chi connectivity index (χ2v) is 9.28. The summed E-state index contributed by atoms with van der Waals surface area (Å²) in [6, 6.07) is 4.25. The number of pyridine rings is 1. The molecule has 2 N–H and O–H groups in total. The molecular weight excluding hydrogens is 427 g/mol. The van der Waals surface area contributed by atoms with Crippen molar-refractivity contribution in [2.24, 2.45) is 0 Å². The van der Waals surface area contributed by atoms with E-state index in [2.05, 4.69) is 19.2 Å². The van der Waals surface area contributed by atoms with Gasteiger partial charge in [0.2, 0.25) is 13.5 Å². The van der Waals surface area contributed by atoms with Gasteiger partial charge in [-0.25, -0.2) is 9.78 Å². The van der Waals surface area contributed by atoms with Crippen molar-refractivity contribution in [1.82, 2.24) is 10.3 Å². The molecule has 7 nitrogen and oxygen atoms in total. The molecule has 4 aliphatic rings. The van der Waals surface area contributed by atoms with Crippen molar-refractivity contribution >= 4 is 46.0 Å². The molecule has 9 heteroatoms. The minimum Gasteiger partial charge on any atom is -0.459 e. The van der Waals surface area contributed by atoms with Gasteiger partial charge in [-0.1, -0.05) is 32.1 Å². The molecule has 0 bridgehead atoms. The Hall–Kier alpha value is -2.75. The highest BCUT2D eigenvalue weighted by molar-refractivity contribution is 7.85. The predicted molar refractivity (Wildman–Crippen MR) is 124 cm³/mol. The first-order chi connectivity index (χ1) is 15.4. The van der Waals surface area contributed by atoms with Gasteiger partial charge < -0.3 is 24.6 Å². The minimum atomic E-state index is -1.31. The molecule has 162 valence electrons. The van der Waals surface area contributed by atoms with Crippen molar-refractivity contribution in [3.05, 3.63) is 46.2 Å². The largest absolute Gasteiger partial charge is 0.459 e. The number of carbonyl (C=O) groups is 1. The lowest BCUT2D eigenvalue weighted by Gasteiger charge is -2.29. The standard InChI is InChI=1S/C23H21BN2O5S/c1-10(2)25-7-14-11-4-18-19(31-9-30-18)5-17(11)26-20-13(14)6-24-16(20)3-12-15(22(24)32)8-29-23(28)21(12)27/h3-5,10,21,25,27H,6-9H2,1-2H3. The predicted octanol–water partition coefficient (Wildman–Crippen LogP) is 2.11. The molecule has 6 rings (SSSR count). The highest BCUT2D eigenvalue weighted by Crippen LogP contribution is 2.44. The van der Waals surface area contributed by atoms with Crippen LogP contribution in [-0.2, 0) is 22.4 Å². The average molecular weight is 448 g/mol. The summed E-state index contributed by atoms with van der Waals surface area (Å²) in [5, 5.41) is 15.0. The van der Waals surface area contributed by atoms with Crippen LogP contribution in [0, 0.1) is 0 Å². The van der Waals surface area contributed by atoms with E-state index in [1.54, 1.807) is 0 Å². The molecule has 1 aromatic carbocycles.